The Bertz CT molecular complexity index is 3400. The Morgan fingerprint density at radius 1 is 0.369 bits per heavy atom. The Morgan fingerprint density at radius 2 is 0.862 bits per heavy atom. The van der Waals surface area contributed by atoms with Crippen molar-refractivity contribution in [1.29, 1.82) is 0 Å². The van der Waals surface area contributed by atoms with E-state index in [-0.39, 0.29) is 10.8 Å². The van der Waals surface area contributed by atoms with Crippen molar-refractivity contribution in [2.24, 2.45) is 0 Å². The van der Waals surface area contributed by atoms with Crippen LogP contribution < -0.4 is 9.47 Å². The Kier molecular flexibility index (Phi) is 9.51. The fourth-order valence-electron chi connectivity index (χ4n) is 9.66. The fraction of sp³-hybridized carbons (Fsp3) is 0.136. The van der Waals surface area contributed by atoms with Crippen molar-refractivity contribution in [2.75, 3.05) is 0 Å². The van der Waals surface area contributed by atoms with Crippen LogP contribution >= 0.6 is 0 Å². The summed E-state index contributed by atoms with van der Waals surface area (Å²) in [5, 5.41) is 1.90. The molecule has 0 aliphatic carbocycles. The van der Waals surface area contributed by atoms with Crippen molar-refractivity contribution in [2.45, 2.75) is 52.4 Å². The first-order valence-electron chi connectivity index (χ1n) is 22.4. The molecular formula is C59H47N3O3. The van der Waals surface area contributed by atoms with Crippen LogP contribution in [0, 0.1) is 0 Å². The molecule has 316 valence electrons. The summed E-state index contributed by atoms with van der Waals surface area (Å²) in [6.45, 7) is 13.1. The smallest absolute Gasteiger partial charge is 0.164 e. The van der Waals surface area contributed by atoms with Gasteiger partial charge in [-0.15, -0.1) is 0 Å². The highest BCUT2D eigenvalue weighted by Gasteiger charge is 2.36. The maximum Gasteiger partial charge on any atom is 0.164 e. The molecule has 0 bridgehead atoms. The van der Waals surface area contributed by atoms with Crippen molar-refractivity contribution in [1.82, 2.24) is 15.0 Å². The van der Waals surface area contributed by atoms with Crippen molar-refractivity contribution < 1.29 is 13.9 Å². The molecule has 2 aliphatic rings. The van der Waals surface area contributed by atoms with Gasteiger partial charge in [-0.3, -0.25) is 0 Å². The van der Waals surface area contributed by atoms with E-state index in [0.29, 0.717) is 17.5 Å². The minimum atomic E-state index is -0.302. The number of hydrogen-bond donors (Lipinski definition) is 0. The number of rotatable bonds is 5. The van der Waals surface area contributed by atoms with Gasteiger partial charge in [0.05, 0.1) is 0 Å². The Morgan fingerprint density at radius 3 is 1.45 bits per heavy atom. The molecule has 8 aromatic carbocycles. The van der Waals surface area contributed by atoms with Crippen LogP contribution in [0.3, 0.4) is 0 Å². The summed E-state index contributed by atoms with van der Waals surface area (Å²) >= 11 is 0. The standard InChI is InChI=1S/C57H41N3O3.C2H6/c1-56(2)42-21-11-13-23-46(42)61-48-28-26-36(32-44(48)56)38-30-40(37-27-29-49-45(33-37)57(3,4)43-22-12-14-24-47(43)62-49)52-41(31-38)51-39(20-15-25-50(51)63-52)55-59-53(34-16-7-5-8-17-34)58-54(60-55)35-18-9-6-10-19-35;1-2/h5-33H,1-4H3;1-2H3. The molecule has 6 nitrogen and oxygen atoms in total. The fourth-order valence-corrected chi connectivity index (χ4v) is 9.66. The van der Waals surface area contributed by atoms with E-state index in [1.165, 1.54) is 5.56 Å². The molecular weight excluding hydrogens is 799 g/mol. The summed E-state index contributed by atoms with van der Waals surface area (Å²) in [5.41, 5.74) is 12.3. The lowest BCUT2D eigenvalue weighted by molar-refractivity contribution is 0.418. The monoisotopic (exact) mass is 845 g/mol. The van der Waals surface area contributed by atoms with Crippen LogP contribution in [0.15, 0.2) is 180 Å². The highest BCUT2D eigenvalue weighted by molar-refractivity contribution is 6.16. The molecule has 12 rings (SSSR count). The van der Waals surface area contributed by atoms with E-state index in [2.05, 4.69) is 119 Å². The molecule has 4 heterocycles. The largest absolute Gasteiger partial charge is 0.457 e. The lowest BCUT2D eigenvalue weighted by Gasteiger charge is -2.35. The second kappa shape index (κ2) is 15.5. The first kappa shape index (κ1) is 40.0. The number of benzene rings is 8. The van der Waals surface area contributed by atoms with Gasteiger partial charge >= 0.3 is 0 Å². The SMILES string of the molecule is CC.CC1(C)c2ccccc2Oc2ccc(-c3cc(-c4ccc5c(c4)C(C)(C)c4ccccc4O5)c4oc5cccc(-c6nc(-c7ccccc7)nc(-c7ccccc7)n6)c5c4c3)cc21. The van der Waals surface area contributed by atoms with Crippen LogP contribution in [-0.2, 0) is 10.8 Å². The van der Waals surface area contributed by atoms with Gasteiger partial charge in [0.1, 0.15) is 34.2 Å². The third-order valence-electron chi connectivity index (χ3n) is 13.0. The topological polar surface area (TPSA) is 70.3 Å². The zero-order valence-corrected chi connectivity index (χ0v) is 37.3. The predicted octanol–water partition coefficient (Wildman–Crippen LogP) is 16.0. The average Bonchev–Trinajstić information content (AvgIpc) is 3.74. The number of furan rings is 1. The summed E-state index contributed by atoms with van der Waals surface area (Å²) in [6, 6.07) is 60.6. The predicted molar refractivity (Wildman–Crippen MR) is 263 cm³/mol. The van der Waals surface area contributed by atoms with E-state index in [1.54, 1.807) is 0 Å². The van der Waals surface area contributed by atoms with Gasteiger partial charge in [0.25, 0.3) is 0 Å². The summed E-state index contributed by atoms with van der Waals surface area (Å²) < 4.78 is 20.0. The highest BCUT2D eigenvalue weighted by Crippen LogP contribution is 2.52. The summed E-state index contributed by atoms with van der Waals surface area (Å²) in [4.78, 5) is 15.3. The molecule has 0 radical (unpaired) electrons. The summed E-state index contributed by atoms with van der Waals surface area (Å²) in [7, 11) is 0. The number of ether oxygens (including phenoxy) is 2. The van der Waals surface area contributed by atoms with Crippen LogP contribution in [0.1, 0.15) is 63.8 Å². The molecule has 0 saturated carbocycles. The normalized spacial score (nSPS) is 13.9. The maximum absolute atomic E-state index is 7.01. The first-order chi connectivity index (χ1) is 31.7. The van der Waals surface area contributed by atoms with E-state index < -0.39 is 0 Å². The molecule has 0 unspecified atom stereocenters. The molecule has 0 atom stereocenters. The lowest BCUT2D eigenvalue weighted by Crippen LogP contribution is -2.24. The van der Waals surface area contributed by atoms with Gasteiger partial charge in [-0.2, -0.15) is 0 Å². The third kappa shape index (κ3) is 6.59. The molecule has 65 heavy (non-hydrogen) atoms. The van der Waals surface area contributed by atoms with Crippen LogP contribution in [-0.4, -0.2) is 15.0 Å². The van der Waals surface area contributed by atoms with E-state index in [0.717, 1.165) is 101 Å². The number of hydrogen-bond acceptors (Lipinski definition) is 6. The second-order valence-corrected chi connectivity index (χ2v) is 17.6. The third-order valence-corrected chi connectivity index (χ3v) is 13.0. The van der Waals surface area contributed by atoms with Gasteiger partial charge in [0, 0.05) is 66.1 Å². The average molecular weight is 846 g/mol. The summed E-state index contributed by atoms with van der Waals surface area (Å²) in [5.74, 6) is 5.30. The second-order valence-electron chi connectivity index (χ2n) is 17.6. The molecule has 0 N–H and O–H groups in total. The number of para-hydroxylation sites is 2. The van der Waals surface area contributed by atoms with E-state index in [4.69, 9.17) is 28.8 Å². The molecule has 2 aliphatic heterocycles. The van der Waals surface area contributed by atoms with Gasteiger partial charge in [0.2, 0.25) is 0 Å². The van der Waals surface area contributed by atoms with Crippen LogP contribution in [0.2, 0.25) is 0 Å². The zero-order chi connectivity index (χ0) is 44.5. The van der Waals surface area contributed by atoms with E-state index in [1.807, 2.05) is 98.8 Å². The van der Waals surface area contributed by atoms with Crippen LogP contribution in [0.4, 0.5) is 0 Å². The lowest BCUT2D eigenvalue weighted by atomic mass is 9.74. The van der Waals surface area contributed by atoms with Gasteiger partial charge in [-0.05, 0) is 71.3 Å². The van der Waals surface area contributed by atoms with Gasteiger partial charge in [-0.1, -0.05) is 163 Å². The molecule has 6 heteroatoms. The van der Waals surface area contributed by atoms with Gasteiger partial charge < -0.3 is 13.9 Å². The van der Waals surface area contributed by atoms with Gasteiger partial charge in [-0.25, -0.2) is 15.0 Å². The molecule has 0 saturated heterocycles. The Hall–Kier alpha value is -7.83. The van der Waals surface area contributed by atoms with Crippen LogP contribution in [0.25, 0.3) is 78.4 Å². The zero-order valence-electron chi connectivity index (χ0n) is 37.3. The Balaban J connectivity index is 0.00000231. The maximum atomic E-state index is 7.01. The van der Waals surface area contributed by atoms with Crippen molar-refractivity contribution in [3.05, 3.63) is 198 Å². The van der Waals surface area contributed by atoms with E-state index in [9.17, 15) is 0 Å². The molecule has 0 spiro atoms. The van der Waals surface area contributed by atoms with Gasteiger partial charge in [0.15, 0.2) is 17.5 Å². The van der Waals surface area contributed by atoms with E-state index >= 15 is 0 Å². The van der Waals surface area contributed by atoms with Crippen LogP contribution in [0.5, 0.6) is 23.0 Å². The Labute approximate surface area is 379 Å². The quantitative estimate of drug-likeness (QED) is 0.172. The van der Waals surface area contributed by atoms with Crippen molar-refractivity contribution >= 4 is 21.9 Å². The minimum Gasteiger partial charge on any atom is -0.457 e. The van der Waals surface area contributed by atoms with Crippen molar-refractivity contribution in [3.8, 4) is 79.4 Å². The first-order valence-corrected chi connectivity index (χ1v) is 22.4. The number of fused-ring (bicyclic) bond motifs is 7. The molecule has 0 fully saturated rings. The highest BCUT2D eigenvalue weighted by atomic mass is 16.5. The number of nitrogens with zero attached hydrogens (tertiary/aromatic N) is 3. The summed E-state index contributed by atoms with van der Waals surface area (Å²) in [6.07, 6.45) is 0. The minimum absolute atomic E-state index is 0.283. The van der Waals surface area contributed by atoms with Crippen molar-refractivity contribution in [3.63, 3.8) is 0 Å². The number of aromatic nitrogens is 3. The molecule has 10 aromatic rings. The molecule has 2 aromatic heterocycles. The molecule has 0 amide bonds.